The molecule has 1 heterocycles. The molecule has 1 aliphatic rings. The van der Waals surface area contributed by atoms with Gasteiger partial charge in [0, 0.05) is 22.3 Å². The van der Waals surface area contributed by atoms with Gasteiger partial charge in [-0.05, 0) is 160 Å². The van der Waals surface area contributed by atoms with E-state index in [0.29, 0.717) is 0 Å². The van der Waals surface area contributed by atoms with Crippen LogP contribution in [0.4, 0.5) is 0 Å². The van der Waals surface area contributed by atoms with Crippen molar-refractivity contribution < 1.29 is 4.70 Å². The monoisotopic (exact) mass is 765 g/mol. The van der Waals surface area contributed by atoms with Crippen molar-refractivity contribution in [2.75, 3.05) is 0 Å². The number of benzene rings is 2. The smallest absolute Gasteiger partial charge is 0.211 e. The summed E-state index contributed by atoms with van der Waals surface area (Å²) in [6.45, 7) is 18.6. The summed E-state index contributed by atoms with van der Waals surface area (Å²) in [6, 6.07) is 10.2. The molecule has 0 unspecified atom stereocenters. The molecule has 1 aliphatic heterocycles. The summed E-state index contributed by atoms with van der Waals surface area (Å²) in [7, 11) is 0. The minimum absolute atomic E-state index is 1.03. The summed E-state index contributed by atoms with van der Waals surface area (Å²) in [5.74, 6) is 0. The summed E-state index contributed by atoms with van der Waals surface area (Å²) in [5, 5.41) is 0. The van der Waals surface area contributed by atoms with Gasteiger partial charge in [0.2, 0.25) is 11.4 Å². The van der Waals surface area contributed by atoms with Crippen LogP contribution in [0.15, 0.2) is 35.4 Å². The fourth-order valence-corrected chi connectivity index (χ4v) is 9.20. The molecule has 0 saturated carbocycles. The van der Waals surface area contributed by atoms with Crippen LogP contribution in [0.3, 0.4) is 0 Å². The standard InChI is InChI=1S/C54H88N2/c1-9-17-25-28-33-45-41-48(42-46(34-29-26-18-10-2)50(45)38-30-27-19-11-3)54-52(37-24-16-8)51(36-23-15-7)53(56(54)55)47-39-43(31-20-12-4)49(35-22-14-6)44(40-47)32-21-13-5/h39-42H,9-38H2,1-8H3. The maximum absolute atomic E-state index is 12.9. The molecule has 0 bridgehead atoms. The largest absolute Gasteiger partial charge is 0.493 e. The number of rotatable bonds is 32. The van der Waals surface area contributed by atoms with Crippen molar-refractivity contribution in [3.05, 3.63) is 85.5 Å². The Kier molecular flexibility index (Phi) is 24.0. The first-order valence-corrected chi connectivity index (χ1v) is 24.7. The van der Waals surface area contributed by atoms with Gasteiger partial charge < -0.3 is 5.53 Å². The third kappa shape index (κ3) is 14.4. The molecular weight excluding hydrogens is 677 g/mol. The highest BCUT2D eigenvalue weighted by molar-refractivity contribution is 5.83. The Morgan fingerprint density at radius 2 is 0.589 bits per heavy atom. The van der Waals surface area contributed by atoms with Crippen molar-refractivity contribution in [1.29, 1.82) is 0 Å². The van der Waals surface area contributed by atoms with Crippen LogP contribution in [0, 0.1) is 0 Å². The van der Waals surface area contributed by atoms with Gasteiger partial charge in [0.25, 0.3) is 0 Å². The molecule has 0 N–H and O–H groups in total. The van der Waals surface area contributed by atoms with Gasteiger partial charge in [0.15, 0.2) is 0 Å². The molecule has 0 spiro atoms. The first-order valence-electron chi connectivity index (χ1n) is 24.7. The summed E-state index contributed by atoms with van der Waals surface area (Å²) in [4.78, 5) is 0. The first kappa shape index (κ1) is 47.9. The van der Waals surface area contributed by atoms with Crippen molar-refractivity contribution in [1.82, 2.24) is 0 Å². The lowest BCUT2D eigenvalue weighted by Crippen LogP contribution is -2.09. The van der Waals surface area contributed by atoms with E-state index in [0.717, 1.165) is 75.6 Å². The lowest BCUT2D eigenvalue weighted by atomic mass is 9.86. The van der Waals surface area contributed by atoms with E-state index in [1.54, 1.807) is 38.1 Å². The second-order valence-corrected chi connectivity index (χ2v) is 17.5. The van der Waals surface area contributed by atoms with Crippen LogP contribution >= 0.6 is 0 Å². The Bertz CT molecular complexity index is 1440. The van der Waals surface area contributed by atoms with E-state index >= 15 is 0 Å². The van der Waals surface area contributed by atoms with Crippen molar-refractivity contribution in [2.24, 2.45) is 0 Å². The second kappa shape index (κ2) is 28.0. The first-order chi connectivity index (χ1) is 27.4. The van der Waals surface area contributed by atoms with Gasteiger partial charge in [-0.2, -0.15) is 0 Å². The quantitative estimate of drug-likeness (QED) is 0.0524. The predicted molar refractivity (Wildman–Crippen MR) is 249 cm³/mol. The van der Waals surface area contributed by atoms with Gasteiger partial charge in [-0.15, -0.1) is 0 Å². The molecule has 0 aliphatic carbocycles. The molecule has 0 aromatic heterocycles. The van der Waals surface area contributed by atoms with Crippen molar-refractivity contribution in [2.45, 2.75) is 248 Å². The normalized spacial score (nSPS) is 13.2. The van der Waals surface area contributed by atoms with Gasteiger partial charge in [-0.1, -0.05) is 145 Å². The van der Waals surface area contributed by atoms with Crippen molar-refractivity contribution in [3.63, 3.8) is 0 Å². The zero-order chi connectivity index (χ0) is 40.5. The molecule has 3 rings (SSSR count). The molecule has 314 valence electrons. The lowest BCUT2D eigenvalue weighted by Gasteiger charge is -2.20. The molecule has 2 aromatic carbocycles. The third-order valence-corrected chi connectivity index (χ3v) is 12.6. The molecule has 2 aromatic rings. The number of hydrogen-bond donors (Lipinski definition) is 0. The van der Waals surface area contributed by atoms with Crippen LogP contribution in [-0.4, -0.2) is 4.70 Å². The Morgan fingerprint density at radius 1 is 0.321 bits per heavy atom. The molecule has 0 radical (unpaired) electrons. The SMILES string of the molecule is CCCCCCc1cc(C2=C(CCCC)C(CCCC)=C(c3cc(CCCC)c(CCCC)c(CCCC)c3)[N+]2=[N-])cc(CCCCCC)c1CCCCCC. The van der Waals surface area contributed by atoms with Crippen molar-refractivity contribution >= 4 is 11.4 Å². The number of allylic oxidation sites excluding steroid dienone is 2. The van der Waals surface area contributed by atoms with Crippen LogP contribution in [0.2, 0.25) is 0 Å². The molecule has 0 amide bonds. The minimum atomic E-state index is 1.03. The van der Waals surface area contributed by atoms with E-state index < -0.39 is 0 Å². The van der Waals surface area contributed by atoms with Gasteiger partial charge in [0.1, 0.15) is 0 Å². The van der Waals surface area contributed by atoms with E-state index in [9.17, 15) is 5.53 Å². The number of nitrogens with zero attached hydrogens (tertiary/aromatic N) is 2. The highest BCUT2D eigenvalue weighted by atomic mass is 15.2. The van der Waals surface area contributed by atoms with Crippen LogP contribution < -0.4 is 0 Å². The number of unbranched alkanes of at least 4 members (excludes halogenated alkanes) is 14. The Balaban J connectivity index is 2.32. The van der Waals surface area contributed by atoms with Crippen molar-refractivity contribution in [3.8, 4) is 0 Å². The topological polar surface area (TPSA) is 25.3 Å². The van der Waals surface area contributed by atoms with Crippen LogP contribution in [0.25, 0.3) is 16.9 Å². The number of hydrogen-bond acceptors (Lipinski definition) is 0. The molecule has 56 heavy (non-hydrogen) atoms. The molecule has 2 heteroatoms. The van der Waals surface area contributed by atoms with Gasteiger partial charge in [-0.3, -0.25) is 0 Å². The Morgan fingerprint density at radius 3 is 0.929 bits per heavy atom. The zero-order valence-corrected chi connectivity index (χ0v) is 38.4. The summed E-state index contributed by atoms with van der Waals surface area (Å²) in [6.07, 6.45) is 36.5. The van der Waals surface area contributed by atoms with Crippen LogP contribution in [-0.2, 0) is 38.5 Å². The third-order valence-electron chi connectivity index (χ3n) is 12.6. The Hall–Kier alpha value is -2.48. The summed E-state index contributed by atoms with van der Waals surface area (Å²) >= 11 is 0. The summed E-state index contributed by atoms with van der Waals surface area (Å²) < 4.78 is 1.72. The maximum atomic E-state index is 12.9. The molecular formula is C54H88N2. The van der Waals surface area contributed by atoms with E-state index in [1.807, 2.05) is 0 Å². The Labute approximate surface area is 348 Å². The number of aryl methyl sites for hydroxylation is 4. The predicted octanol–water partition coefficient (Wildman–Crippen LogP) is 17.6. The fraction of sp³-hybridized carbons (Fsp3) is 0.704. The molecule has 0 fully saturated rings. The average Bonchev–Trinajstić information content (AvgIpc) is 3.48. The van der Waals surface area contributed by atoms with Gasteiger partial charge in [-0.25, -0.2) is 4.70 Å². The highest BCUT2D eigenvalue weighted by Crippen LogP contribution is 2.46. The maximum Gasteiger partial charge on any atom is 0.211 e. The van der Waals surface area contributed by atoms with Crippen LogP contribution in [0.5, 0.6) is 0 Å². The second-order valence-electron chi connectivity index (χ2n) is 17.5. The van der Waals surface area contributed by atoms with E-state index in [-0.39, 0.29) is 0 Å². The average molecular weight is 765 g/mol. The molecule has 0 atom stereocenters. The lowest BCUT2D eigenvalue weighted by molar-refractivity contribution is -0.345. The molecule has 0 saturated heterocycles. The van der Waals surface area contributed by atoms with E-state index in [2.05, 4.69) is 79.7 Å². The highest BCUT2D eigenvalue weighted by Gasteiger charge is 2.36. The van der Waals surface area contributed by atoms with Crippen LogP contribution in [0.1, 0.15) is 254 Å². The fourth-order valence-electron chi connectivity index (χ4n) is 9.20. The van der Waals surface area contributed by atoms with Gasteiger partial charge >= 0.3 is 0 Å². The van der Waals surface area contributed by atoms with E-state index in [4.69, 9.17) is 0 Å². The summed E-state index contributed by atoms with van der Waals surface area (Å²) in [5.41, 5.74) is 30.0. The van der Waals surface area contributed by atoms with E-state index in [1.165, 1.54) is 151 Å². The van der Waals surface area contributed by atoms with Gasteiger partial charge in [0.05, 0.1) is 0 Å². The molecule has 2 nitrogen and oxygen atoms in total. The minimum Gasteiger partial charge on any atom is -0.493 e. The zero-order valence-electron chi connectivity index (χ0n) is 38.4.